The molecule has 3 heteroatoms. The molecular weight excluding hydrogens is 201 g/mol. The van der Waals surface area contributed by atoms with Crippen LogP contribution in [-0.2, 0) is 0 Å². The zero-order chi connectivity index (χ0) is 11.1. The maximum Gasteiger partial charge on any atom is 0.109 e. The van der Waals surface area contributed by atoms with Crippen molar-refractivity contribution in [2.75, 3.05) is 13.6 Å². The van der Waals surface area contributed by atoms with Crippen molar-refractivity contribution in [2.24, 2.45) is 11.8 Å². The molecule has 0 aromatic heterocycles. The van der Waals surface area contributed by atoms with Crippen molar-refractivity contribution in [2.45, 2.75) is 44.3 Å². The molecule has 0 aromatic carbocycles. The Bertz CT molecular complexity index is 264. The van der Waals surface area contributed by atoms with E-state index in [0.29, 0.717) is 11.2 Å². The lowest BCUT2D eigenvalue weighted by Crippen LogP contribution is -2.41. The van der Waals surface area contributed by atoms with Gasteiger partial charge in [-0.3, -0.25) is 0 Å². The van der Waals surface area contributed by atoms with Gasteiger partial charge in [0.05, 0.1) is 4.99 Å². The summed E-state index contributed by atoms with van der Waals surface area (Å²) in [5.41, 5.74) is 0. The Balaban J connectivity index is 2.10. The molecule has 3 unspecified atom stereocenters. The maximum absolute atomic E-state index is 5.59. The SMILES string of the molecule is BC1(C)CCC2CCN(C)C(=S)C2CC1. The van der Waals surface area contributed by atoms with Crippen LogP contribution in [0.25, 0.3) is 0 Å². The quantitative estimate of drug-likeness (QED) is 0.458. The molecule has 0 N–H and O–H groups in total. The van der Waals surface area contributed by atoms with E-state index in [9.17, 15) is 0 Å². The third-order valence-electron chi connectivity index (χ3n) is 4.42. The molecular formula is C12H22BNS. The molecule has 1 heterocycles. The van der Waals surface area contributed by atoms with Crippen molar-refractivity contribution >= 4 is 25.1 Å². The summed E-state index contributed by atoms with van der Waals surface area (Å²) in [5.74, 6) is 1.59. The minimum Gasteiger partial charge on any atom is -0.369 e. The van der Waals surface area contributed by atoms with Gasteiger partial charge in [-0.1, -0.05) is 37.3 Å². The number of likely N-dealkylation sites (tertiary alicyclic amines) is 1. The van der Waals surface area contributed by atoms with Crippen molar-refractivity contribution < 1.29 is 0 Å². The molecule has 0 amide bonds. The maximum atomic E-state index is 5.59. The van der Waals surface area contributed by atoms with Gasteiger partial charge in [0.1, 0.15) is 7.85 Å². The van der Waals surface area contributed by atoms with E-state index in [1.54, 1.807) is 0 Å². The molecule has 2 rings (SSSR count). The van der Waals surface area contributed by atoms with E-state index in [-0.39, 0.29) is 0 Å². The summed E-state index contributed by atoms with van der Waals surface area (Å²) >= 11 is 5.59. The molecule has 1 saturated carbocycles. The highest BCUT2D eigenvalue weighted by atomic mass is 32.1. The molecule has 15 heavy (non-hydrogen) atoms. The van der Waals surface area contributed by atoms with E-state index in [0.717, 1.165) is 5.92 Å². The van der Waals surface area contributed by atoms with Gasteiger partial charge in [-0.2, -0.15) is 0 Å². The van der Waals surface area contributed by atoms with Crippen LogP contribution in [0.15, 0.2) is 0 Å². The lowest BCUT2D eigenvalue weighted by atomic mass is 9.65. The van der Waals surface area contributed by atoms with Crippen LogP contribution in [0.1, 0.15) is 39.0 Å². The van der Waals surface area contributed by atoms with Crippen LogP contribution in [-0.4, -0.2) is 31.3 Å². The van der Waals surface area contributed by atoms with Gasteiger partial charge < -0.3 is 4.90 Å². The minimum absolute atomic E-state index is 0.547. The number of thiocarbonyl (C=S) groups is 1. The van der Waals surface area contributed by atoms with Crippen LogP contribution in [0.4, 0.5) is 0 Å². The Morgan fingerprint density at radius 1 is 1.33 bits per heavy atom. The standard InChI is InChI=1S/C12H22BNS/c1-12(13)6-3-9-5-8-14(2)11(15)10(9)4-7-12/h9-10H,3-8,13H2,1-2H3. The van der Waals surface area contributed by atoms with Gasteiger partial charge >= 0.3 is 0 Å². The van der Waals surface area contributed by atoms with Gasteiger partial charge in [-0.15, -0.1) is 0 Å². The average Bonchev–Trinajstić information content (AvgIpc) is 2.32. The predicted octanol–water partition coefficient (Wildman–Crippen LogP) is 2.27. The highest BCUT2D eigenvalue weighted by Gasteiger charge is 2.36. The van der Waals surface area contributed by atoms with Crippen LogP contribution >= 0.6 is 12.2 Å². The fraction of sp³-hybridized carbons (Fsp3) is 0.917. The number of fused-ring (bicyclic) bond motifs is 1. The van der Waals surface area contributed by atoms with Gasteiger partial charge in [0.25, 0.3) is 0 Å². The van der Waals surface area contributed by atoms with Crippen LogP contribution < -0.4 is 0 Å². The summed E-state index contributed by atoms with van der Waals surface area (Å²) in [7, 11) is 4.58. The van der Waals surface area contributed by atoms with Crippen molar-refractivity contribution in [3.8, 4) is 0 Å². The molecule has 0 radical (unpaired) electrons. The third kappa shape index (κ3) is 2.38. The van der Waals surface area contributed by atoms with E-state index >= 15 is 0 Å². The minimum atomic E-state index is 0.547. The molecule has 2 aliphatic rings. The molecule has 1 nitrogen and oxygen atoms in total. The zero-order valence-electron chi connectivity index (χ0n) is 10.3. The number of rotatable bonds is 0. The monoisotopic (exact) mass is 223 g/mol. The van der Waals surface area contributed by atoms with Crippen molar-refractivity contribution in [3.63, 3.8) is 0 Å². The molecule has 2 fully saturated rings. The smallest absolute Gasteiger partial charge is 0.109 e. The van der Waals surface area contributed by atoms with Crippen LogP contribution in [0.5, 0.6) is 0 Å². The first-order chi connectivity index (χ1) is 6.99. The van der Waals surface area contributed by atoms with E-state index in [1.165, 1.54) is 43.6 Å². The Labute approximate surface area is 100 Å². The summed E-state index contributed by atoms with van der Waals surface area (Å²) in [4.78, 5) is 3.54. The van der Waals surface area contributed by atoms with E-state index in [2.05, 4.69) is 26.7 Å². The van der Waals surface area contributed by atoms with Gasteiger partial charge in [0.15, 0.2) is 0 Å². The topological polar surface area (TPSA) is 3.24 Å². The van der Waals surface area contributed by atoms with Crippen LogP contribution in [0.2, 0.25) is 5.31 Å². The molecule has 1 saturated heterocycles. The van der Waals surface area contributed by atoms with Gasteiger partial charge in [-0.05, 0) is 25.2 Å². The number of hydrogen-bond acceptors (Lipinski definition) is 1. The van der Waals surface area contributed by atoms with Crippen LogP contribution in [0.3, 0.4) is 0 Å². The second-order valence-electron chi connectivity index (χ2n) is 6.16. The first-order valence-corrected chi connectivity index (χ1v) is 6.65. The molecule has 0 bridgehead atoms. The Morgan fingerprint density at radius 2 is 2.00 bits per heavy atom. The molecule has 1 aliphatic carbocycles. The fourth-order valence-electron chi connectivity index (χ4n) is 3.11. The van der Waals surface area contributed by atoms with Gasteiger partial charge in [0, 0.05) is 19.5 Å². The van der Waals surface area contributed by atoms with Crippen molar-refractivity contribution in [1.29, 1.82) is 0 Å². The number of hydrogen-bond donors (Lipinski definition) is 0. The lowest BCUT2D eigenvalue weighted by Gasteiger charge is -2.37. The van der Waals surface area contributed by atoms with Crippen molar-refractivity contribution in [1.82, 2.24) is 4.90 Å². The molecule has 0 spiro atoms. The van der Waals surface area contributed by atoms with E-state index in [4.69, 9.17) is 12.2 Å². The predicted molar refractivity (Wildman–Crippen MR) is 72.2 cm³/mol. The first-order valence-electron chi connectivity index (χ1n) is 6.25. The van der Waals surface area contributed by atoms with E-state index < -0.39 is 0 Å². The summed E-state index contributed by atoms with van der Waals surface area (Å²) in [6, 6.07) is 0. The summed E-state index contributed by atoms with van der Waals surface area (Å²) in [6.07, 6.45) is 6.81. The number of piperidine rings is 1. The summed E-state index contributed by atoms with van der Waals surface area (Å²) < 4.78 is 0. The molecule has 1 aliphatic heterocycles. The number of nitrogens with zero attached hydrogens (tertiary/aromatic N) is 1. The second-order valence-corrected chi connectivity index (χ2v) is 6.57. The van der Waals surface area contributed by atoms with Gasteiger partial charge in [-0.25, -0.2) is 0 Å². The molecule has 84 valence electrons. The lowest BCUT2D eigenvalue weighted by molar-refractivity contribution is 0.273. The third-order valence-corrected chi connectivity index (χ3v) is 5.04. The van der Waals surface area contributed by atoms with E-state index in [1.807, 2.05) is 0 Å². The van der Waals surface area contributed by atoms with Crippen molar-refractivity contribution in [3.05, 3.63) is 0 Å². The Hall–Kier alpha value is -0.0451. The fourth-order valence-corrected chi connectivity index (χ4v) is 3.51. The largest absolute Gasteiger partial charge is 0.369 e. The molecule has 0 aromatic rings. The highest BCUT2D eigenvalue weighted by molar-refractivity contribution is 7.80. The average molecular weight is 223 g/mol. The zero-order valence-corrected chi connectivity index (χ0v) is 11.1. The Kier molecular flexibility index (Phi) is 3.11. The summed E-state index contributed by atoms with van der Waals surface area (Å²) in [6.45, 7) is 3.59. The highest BCUT2D eigenvalue weighted by Crippen LogP contribution is 2.45. The summed E-state index contributed by atoms with van der Waals surface area (Å²) in [5, 5.41) is 0.547. The normalized spacial score (nSPS) is 42.3. The van der Waals surface area contributed by atoms with Gasteiger partial charge in [0.2, 0.25) is 0 Å². The second kappa shape index (κ2) is 4.08. The first kappa shape index (κ1) is 11.4. The van der Waals surface area contributed by atoms with Crippen LogP contribution in [0, 0.1) is 11.8 Å². The molecule has 3 atom stereocenters. The Morgan fingerprint density at radius 3 is 2.73 bits per heavy atom.